The van der Waals surface area contributed by atoms with Crippen LogP contribution in [0.25, 0.3) is 16.0 Å². The predicted molar refractivity (Wildman–Crippen MR) is 145 cm³/mol. The molecule has 3 heterocycles. The van der Waals surface area contributed by atoms with Crippen LogP contribution in [0.1, 0.15) is 17.2 Å². The molecule has 0 saturated carbocycles. The first-order chi connectivity index (χ1) is 18.4. The van der Waals surface area contributed by atoms with Crippen molar-refractivity contribution < 1.29 is 28.9 Å². The van der Waals surface area contributed by atoms with Crippen LogP contribution in [0.4, 0.5) is 5.13 Å². The average Bonchev–Trinajstić information content (AvgIpc) is 3.47. The number of rotatable bonds is 4. The summed E-state index contributed by atoms with van der Waals surface area (Å²) in [7, 11) is 1.56. The number of aliphatic hydroxyl groups excluding tert-OH is 1. The van der Waals surface area contributed by atoms with E-state index in [1.165, 1.54) is 16.2 Å². The van der Waals surface area contributed by atoms with E-state index < -0.39 is 17.7 Å². The van der Waals surface area contributed by atoms with Crippen LogP contribution >= 0.6 is 34.5 Å². The number of halogens is 2. The van der Waals surface area contributed by atoms with Crippen LogP contribution in [0, 0.1) is 0 Å². The maximum Gasteiger partial charge on any atom is 0.301 e. The van der Waals surface area contributed by atoms with Crippen LogP contribution in [0.2, 0.25) is 10.0 Å². The summed E-state index contributed by atoms with van der Waals surface area (Å²) in [6, 6.07) is 14.0. The second-order valence-electron chi connectivity index (χ2n) is 8.53. The topological polar surface area (TPSA) is 98.2 Å². The number of aromatic nitrogens is 1. The molecule has 1 aromatic heterocycles. The van der Waals surface area contributed by atoms with Crippen molar-refractivity contribution in [1.82, 2.24) is 4.98 Å². The lowest BCUT2D eigenvalue weighted by Gasteiger charge is -2.23. The Morgan fingerprint density at radius 3 is 2.58 bits per heavy atom. The summed E-state index contributed by atoms with van der Waals surface area (Å²) < 4.78 is 17.3. The third-order valence-electron chi connectivity index (χ3n) is 6.31. The van der Waals surface area contributed by atoms with E-state index in [9.17, 15) is 14.7 Å². The molecule has 4 aromatic rings. The molecule has 2 aliphatic rings. The number of fused-ring (bicyclic) bond motifs is 2. The first kappa shape index (κ1) is 24.5. The lowest BCUT2D eigenvalue weighted by molar-refractivity contribution is -0.132. The highest BCUT2D eigenvalue weighted by molar-refractivity contribution is 7.22. The van der Waals surface area contributed by atoms with Crippen LogP contribution in [0.15, 0.2) is 60.2 Å². The van der Waals surface area contributed by atoms with Gasteiger partial charge in [0.1, 0.15) is 24.7 Å². The van der Waals surface area contributed by atoms with Crippen molar-refractivity contribution in [3.63, 3.8) is 0 Å². The molecule has 1 saturated heterocycles. The molecular weight excluding hydrogens is 551 g/mol. The van der Waals surface area contributed by atoms with E-state index >= 15 is 0 Å². The van der Waals surface area contributed by atoms with Crippen molar-refractivity contribution in [1.29, 1.82) is 0 Å². The molecule has 11 heteroatoms. The van der Waals surface area contributed by atoms with Crippen LogP contribution < -0.4 is 19.1 Å². The van der Waals surface area contributed by atoms with Crippen molar-refractivity contribution in [3.05, 3.63) is 81.3 Å². The Morgan fingerprint density at radius 1 is 1.03 bits per heavy atom. The van der Waals surface area contributed by atoms with Gasteiger partial charge in [-0.15, -0.1) is 0 Å². The molecule has 0 bridgehead atoms. The predicted octanol–water partition coefficient (Wildman–Crippen LogP) is 6.01. The Bertz CT molecular complexity index is 1670. The molecular formula is C27H18Cl2N2O6S. The van der Waals surface area contributed by atoms with Crippen molar-refractivity contribution in [2.45, 2.75) is 6.04 Å². The highest BCUT2D eigenvalue weighted by atomic mass is 35.5. The Hall–Kier alpha value is -3.79. The molecule has 6 rings (SSSR count). The molecule has 2 aliphatic heterocycles. The van der Waals surface area contributed by atoms with Gasteiger partial charge in [0.25, 0.3) is 5.78 Å². The standard InChI is InChI=1S/C27H18Cl2N2O6S/c1-35-15-4-6-18-21(12-15)38-27(30-18)31-23(13-2-5-16(28)17(29)10-13)22(25(33)26(31)34)24(32)14-3-7-19-20(11-14)37-9-8-36-19/h2-7,10-12,23,32H,8-9H2,1H3. The molecule has 0 radical (unpaired) electrons. The number of Topliss-reactive ketones (excluding diaryl/α,β-unsaturated/α-hetero) is 1. The van der Waals surface area contributed by atoms with Gasteiger partial charge in [0.15, 0.2) is 16.6 Å². The molecule has 8 nitrogen and oxygen atoms in total. The first-order valence-corrected chi connectivity index (χ1v) is 13.0. The molecule has 1 atom stereocenters. The maximum absolute atomic E-state index is 13.5. The van der Waals surface area contributed by atoms with E-state index in [0.29, 0.717) is 52.1 Å². The van der Waals surface area contributed by atoms with Gasteiger partial charge in [-0.3, -0.25) is 14.5 Å². The van der Waals surface area contributed by atoms with Gasteiger partial charge < -0.3 is 19.3 Å². The van der Waals surface area contributed by atoms with Crippen molar-refractivity contribution >= 4 is 67.3 Å². The molecule has 1 fully saturated rings. The number of aliphatic hydroxyl groups is 1. The number of ether oxygens (including phenoxy) is 3. The van der Waals surface area contributed by atoms with E-state index in [1.807, 2.05) is 0 Å². The van der Waals surface area contributed by atoms with E-state index in [1.54, 1.807) is 61.7 Å². The second kappa shape index (κ2) is 9.50. The van der Waals surface area contributed by atoms with Gasteiger partial charge in [-0.05, 0) is 54.1 Å². The molecule has 0 spiro atoms. The number of ketones is 1. The molecule has 0 aliphatic carbocycles. The van der Waals surface area contributed by atoms with Gasteiger partial charge in [0.05, 0.1) is 39.0 Å². The molecule has 3 aromatic carbocycles. The number of amides is 1. The van der Waals surface area contributed by atoms with Gasteiger partial charge in [-0.2, -0.15) is 0 Å². The molecule has 1 N–H and O–H groups in total. The molecule has 38 heavy (non-hydrogen) atoms. The Labute approximate surface area is 230 Å². The SMILES string of the molecule is COc1ccc2nc(N3C(=O)C(=O)C(=C(O)c4ccc5c(c4)OCCO5)C3c3ccc(Cl)c(Cl)c3)sc2c1. The zero-order chi connectivity index (χ0) is 26.6. The smallest absolute Gasteiger partial charge is 0.301 e. The van der Waals surface area contributed by atoms with Crippen molar-refractivity contribution in [3.8, 4) is 17.2 Å². The lowest BCUT2D eigenvalue weighted by atomic mass is 9.95. The molecule has 1 amide bonds. The van der Waals surface area contributed by atoms with E-state index in [2.05, 4.69) is 4.98 Å². The van der Waals surface area contributed by atoms with E-state index in [-0.39, 0.29) is 21.5 Å². The summed E-state index contributed by atoms with van der Waals surface area (Å²) in [4.78, 5) is 32.9. The zero-order valence-electron chi connectivity index (χ0n) is 19.7. The van der Waals surface area contributed by atoms with Crippen LogP contribution in [-0.4, -0.2) is 42.1 Å². The minimum atomic E-state index is -1.01. The minimum absolute atomic E-state index is 0.109. The second-order valence-corrected chi connectivity index (χ2v) is 10.4. The van der Waals surface area contributed by atoms with Gasteiger partial charge in [0, 0.05) is 5.56 Å². The highest BCUT2D eigenvalue weighted by Crippen LogP contribution is 2.46. The highest BCUT2D eigenvalue weighted by Gasteiger charge is 2.48. The number of carbonyl (C=O) groups excluding carboxylic acids is 2. The number of benzene rings is 3. The Kier molecular flexibility index (Phi) is 6.14. The number of carbonyl (C=O) groups is 2. The van der Waals surface area contributed by atoms with Gasteiger partial charge >= 0.3 is 5.91 Å². The van der Waals surface area contributed by atoms with Gasteiger partial charge in [0.2, 0.25) is 0 Å². The van der Waals surface area contributed by atoms with E-state index in [4.69, 9.17) is 37.4 Å². The van der Waals surface area contributed by atoms with Crippen molar-refractivity contribution in [2.75, 3.05) is 25.2 Å². The van der Waals surface area contributed by atoms with Crippen LogP contribution in [-0.2, 0) is 9.59 Å². The summed E-state index contributed by atoms with van der Waals surface area (Å²) in [5, 5.41) is 12.3. The van der Waals surface area contributed by atoms with Gasteiger partial charge in [-0.1, -0.05) is 40.6 Å². The fourth-order valence-electron chi connectivity index (χ4n) is 4.50. The minimum Gasteiger partial charge on any atom is -0.507 e. The fraction of sp³-hybridized carbons (Fsp3) is 0.148. The Balaban J connectivity index is 1.54. The molecule has 1 unspecified atom stereocenters. The van der Waals surface area contributed by atoms with E-state index in [0.717, 1.165) is 4.70 Å². The maximum atomic E-state index is 13.5. The van der Waals surface area contributed by atoms with Gasteiger partial charge in [-0.25, -0.2) is 4.98 Å². The number of hydrogen-bond donors (Lipinski definition) is 1. The number of methoxy groups -OCH3 is 1. The fourth-order valence-corrected chi connectivity index (χ4v) is 5.82. The monoisotopic (exact) mass is 568 g/mol. The summed E-state index contributed by atoms with van der Waals surface area (Å²) in [5.74, 6) is -0.451. The Morgan fingerprint density at radius 2 is 1.82 bits per heavy atom. The summed E-state index contributed by atoms with van der Waals surface area (Å²) >= 11 is 13.7. The normalized spacial score (nSPS) is 18.3. The third kappa shape index (κ3) is 4.03. The number of thiazole rings is 1. The summed E-state index contributed by atoms with van der Waals surface area (Å²) in [6.45, 7) is 0.766. The summed E-state index contributed by atoms with van der Waals surface area (Å²) in [5.41, 5.74) is 1.30. The number of anilines is 1. The summed E-state index contributed by atoms with van der Waals surface area (Å²) in [6.07, 6.45) is 0. The molecule has 192 valence electrons. The first-order valence-electron chi connectivity index (χ1n) is 11.5. The van der Waals surface area contributed by atoms with Crippen LogP contribution in [0.3, 0.4) is 0 Å². The average molecular weight is 569 g/mol. The quantitative estimate of drug-likeness (QED) is 0.183. The number of hydrogen-bond acceptors (Lipinski definition) is 8. The number of nitrogens with zero attached hydrogens (tertiary/aromatic N) is 2. The largest absolute Gasteiger partial charge is 0.507 e. The van der Waals surface area contributed by atoms with Crippen LogP contribution in [0.5, 0.6) is 17.2 Å². The zero-order valence-corrected chi connectivity index (χ0v) is 22.1. The lowest BCUT2D eigenvalue weighted by Crippen LogP contribution is -2.29. The van der Waals surface area contributed by atoms with Crippen molar-refractivity contribution in [2.24, 2.45) is 0 Å². The third-order valence-corrected chi connectivity index (χ3v) is 8.07.